The van der Waals surface area contributed by atoms with Gasteiger partial charge in [-0.3, -0.25) is 0 Å². The lowest BCUT2D eigenvalue weighted by Crippen LogP contribution is -2.31. The Bertz CT molecular complexity index is 413. The highest BCUT2D eigenvalue weighted by atomic mass is 16.5. The van der Waals surface area contributed by atoms with Crippen molar-refractivity contribution in [3.05, 3.63) is 0 Å². The van der Waals surface area contributed by atoms with Crippen LogP contribution in [-0.2, 0) is 0 Å². The third-order valence-electron chi connectivity index (χ3n) is 3.16. The first-order chi connectivity index (χ1) is 10.3. The molecule has 118 valence electrons. The molecule has 0 radical (unpaired) electrons. The molecule has 1 aromatic heterocycles. The third kappa shape index (κ3) is 4.70. The Morgan fingerprint density at radius 1 is 1.24 bits per heavy atom. The molecule has 0 aromatic carbocycles. The monoisotopic (exact) mass is 295 g/mol. The van der Waals surface area contributed by atoms with Crippen molar-refractivity contribution in [3.63, 3.8) is 0 Å². The molecule has 0 spiro atoms. The maximum absolute atomic E-state index is 9.24. The van der Waals surface area contributed by atoms with Gasteiger partial charge in [-0.25, -0.2) is 0 Å². The fourth-order valence-electron chi connectivity index (χ4n) is 1.99. The second-order valence-corrected chi connectivity index (χ2v) is 5.17. The van der Waals surface area contributed by atoms with Crippen molar-refractivity contribution in [3.8, 4) is 6.01 Å². The van der Waals surface area contributed by atoms with Crippen molar-refractivity contribution in [1.82, 2.24) is 15.0 Å². The highest BCUT2D eigenvalue weighted by Gasteiger charge is 2.31. The number of ether oxygens (including phenoxy) is 1. The largest absolute Gasteiger partial charge is 0.463 e. The summed E-state index contributed by atoms with van der Waals surface area (Å²) in [5.41, 5.74) is 0. The zero-order valence-corrected chi connectivity index (χ0v) is 12.9. The van der Waals surface area contributed by atoms with Gasteiger partial charge in [0.05, 0.1) is 13.2 Å². The summed E-state index contributed by atoms with van der Waals surface area (Å²) >= 11 is 0. The number of nitrogens with zero attached hydrogens (tertiary/aromatic N) is 4. The smallest absolute Gasteiger partial charge is 0.323 e. The van der Waals surface area contributed by atoms with E-state index in [-0.39, 0.29) is 6.61 Å². The Hall–Kier alpha value is -1.63. The fraction of sp³-hybridized carbons (Fsp3) is 0.786. The normalized spacial score (nSPS) is 14.0. The van der Waals surface area contributed by atoms with E-state index in [1.807, 2.05) is 11.8 Å². The second-order valence-electron chi connectivity index (χ2n) is 5.17. The molecule has 1 fully saturated rings. The first kappa shape index (κ1) is 15.8. The highest BCUT2D eigenvalue weighted by Crippen LogP contribution is 2.30. The Morgan fingerprint density at radius 3 is 2.67 bits per heavy atom. The van der Waals surface area contributed by atoms with Crippen LogP contribution in [0.15, 0.2) is 0 Å². The molecule has 2 rings (SSSR count). The van der Waals surface area contributed by atoms with E-state index in [9.17, 15) is 5.11 Å². The van der Waals surface area contributed by atoms with E-state index in [4.69, 9.17) is 4.74 Å². The predicted molar refractivity (Wildman–Crippen MR) is 81.8 cm³/mol. The average Bonchev–Trinajstić information content (AvgIpc) is 3.33. The van der Waals surface area contributed by atoms with Gasteiger partial charge in [-0.15, -0.1) is 0 Å². The van der Waals surface area contributed by atoms with Crippen LogP contribution in [0, 0.1) is 0 Å². The molecule has 0 saturated heterocycles. The predicted octanol–water partition coefficient (Wildman–Crippen LogP) is 1.44. The minimum Gasteiger partial charge on any atom is -0.463 e. The molecule has 0 amide bonds. The van der Waals surface area contributed by atoms with Crippen LogP contribution in [0.3, 0.4) is 0 Å². The standard InChI is InChI=1S/C14H25N5O2/c1-3-7-15-12-16-13(18-14(17-12)21-10-4-2)19(8-9-20)11-5-6-11/h11,20H,3-10H2,1-2H3,(H,15,16,17,18). The molecule has 1 aromatic rings. The summed E-state index contributed by atoms with van der Waals surface area (Å²) in [4.78, 5) is 15.2. The van der Waals surface area contributed by atoms with Crippen molar-refractivity contribution >= 4 is 11.9 Å². The van der Waals surface area contributed by atoms with E-state index in [1.54, 1.807) is 0 Å². The summed E-state index contributed by atoms with van der Waals surface area (Å²) < 4.78 is 5.55. The van der Waals surface area contributed by atoms with Gasteiger partial charge in [0.25, 0.3) is 0 Å². The molecule has 1 aliphatic rings. The van der Waals surface area contributed by atoms with Gasteiger partial charge < -0.3 is 20.1 Å². The van der Waals surface area contributed by atoms with Crippen LogP contribution in [0.4, 0.5) is 11.9 Å². The first-order valence-electron chi connectivity index (χ1n) is 7.78. The van der Waals surface area contributed by atoms with E-state index in [1.165, 1.54) is 0 Å². The first-order valence-corrected chi connectivity index (χ1v) is 7.78. The van der Waals surface area contributed by atoms with Gasteiger partial charge in [-0.2, -0.15) is 15.0 Å². The summed E-state index contributed by atoms with van der Waals surface area (Å²) in [6.07, 6.45) is 4.14. The van der Waals surface area contributed by atoms with Gasteiger partial charge in [0.1, 0.15) is 0 Å². The van der Waals surface area contributed by atoms with Crippen LogP contribution in [0.1, 0.15) is 39.5 Å². The lowest BCUT2D eigenvalue weighted by molar-refractivity contribution is 0.289. The van der Waals surface area contributed by atoms with Crippen molar-refractivity contribution in [2.45, 2.75) is 45.6 Å². The number of aliphatic hydroxyl groups is 1. The van der Waals surface area contributed by atoms with Crippen molar-refractivity contribution in [2.24, 2.45) is 0 Å². The number of hydrogen-bond acceptors (Lipinski definition) is 7. The van der Waals surface area contributed by atoms with Crippen LogP contribution in [0.2, 0.25) is 0 Å². The maximum Gasteiger partial charge on any atom is 0.323 e. The molecular formula is C14H25N5O2. The van der Waals surface area contributed by atoms with Crippen LogP contribution in [-0.4, -0.2) is 52.4 Å². The zero-order valence-electron chi connectivity index (χ0n) is 12.9. The quantitative estimate of drug-likeness (QED) is 0.675. The van der Waals surface area contributed by atoms with Crippen molar-refractivity contribution < 1.29 is 9.84 Å². The molecule has 7 heteroatoms. The molecule has 0 bridgehead atoms. The van der Waals surface area contributed by atoms with Gasteiger partial charge in [-0.05, 0) is 25.7 Å². The van der Waals surface area contributed by atoms with Crippen molar-refractivity contribution in [2.75, 3.05) is 36.5 Å². The Kier molecular flexibility index (Phi) is 5.98. The zero-order chi connectivity index (χ0) is 15.1. The molecule has 7 nitrogen and oxygen atoms in total. The molecule has 2 N–H and O–H groups in total. The molecule has 0 unspecified atom stereocenters. The third-order valence-corrected chi connectivity index (χ3v) is 3.16. The summed E-state index contributed by atoms with van der Waals surface area (Å²) in [7, 11) is 0. The summed E-state index contributed by atoms with van der Waals surface area (Å²) in [5.74, 6) is 1.13. The van der Waals surface area contributed by atoms with Crippen LogP contribution in [0.25, 0.3) is 0 Å². The molecule has 1 heterocycles. The Morgan fingerprint density at radius 2 is 2.05 bits per heavy atom. The number of aromatic nitrogens is 3. The molecule has 0 atom stereocenters. The highest BCUT2D eigenvalue weighted by molar-refractivity contribution is 5.40. The Labute approximate surface area is 125 Å². The van der Waals surface area contributed by atoms with Crippen LogP contribution >= 0.6 is 0 Å². The minimum absolute atomic E-state index is 0.0883. The number of rotatable bonds is 10. The lowest BCUT2D eigenvalue weighted by atomic mass is 10.5. The van der Waals surface area contributed by atoms with Gasteiger partial charge in [0, 0.05) is 19.1 Å². The maximum atomic E-state index is 9.24. The van der Waals surface area contributed by atoms with Gasteiger partial charge in [0.15, 0.2) is 0 Å². The van der Waals surface area contributed by atoms with Gasteiger partial charge in [-0.1, -0.05) is 13.8 Å². The van der Waals surface area contributed by atoms with Gasteiger partial charge in [0.2, 0.25) is 11.9 Å². The summed E-state index contributed by atoms with van der Waals surface area (Å²) in [6, 6.07) is 0.779. The summed E-state index contributed by atoms with van der Waals surface area (Å²) in [6.45, 7) is 6.15. The Balaban J connectivity index is 2.19. The van der Waals surface area contributed by atoms with Crippen LogP contribution < -0.4 is 15.0 Å². The number of hydrogen-bond donors (Lipinski definition) is 2. The molecule has 0 aliphatic heterocycles. The topological polar surface area (TPSA) is 83.4 Å². The van der Waals surface area contributed by atoms with Crippen molar-refractivity contribution in [1.29, 1.82) is 0 Å². The number of aliphatic hydroxyl groups excluding tert-OH is 1. The summed E-state index contributed by atoms with van der Waals surface area (Å²) in [5, 5.41) is 12.4. The molecule has 1 saturated carbocycles. The number of nitrogens with one attached hydrogen (secondary N) is 1. The van der Waals surface area contributed by atoms with E-state index >= 15 is 0 Å². The molecular weight excluding hydrogens is 270 g/mol. The molecule has 1 aliphatic carbocycles. The SMILES string of the molecule is CCCNc1nc(OCCC)nc(N(CCO)C2CC2)n1. The van der Waals surface area contributed by atoms with Gasteiger partial charge >= 0.3 is 6.01 Å². The van der Waals surface area contributed by atoms with Crippen LogP contribution in [0.5, 0.6) is 6.01 Å². The number of anilines is 2. The second kappa shape index (κ2) is 7.97. The lowest BCUT2D eigenvalue weighted by Gasteiger charge is -2.21. The fourth-order valence-corrected chi connectivity index (χ4v) is 1.99. The van der Waals surface area contributed by atoms with E-state index in [2.05, 4.69) is 27.2 Å². The molecule has 21 heavy (non-hydrogen) atoms. The van der Waals surface area contributed by atoms with E-state index in [0.29, 0.717) is 37.1 Å². The minimum atomic E-state index is 0.0883. The average molecular weight is 295 g/mol. The van der Waals surface area contributed by atoms with E-state index in [0.717, 1.165) is 32.2 Å². The van der Waals surface area contributed by atoms with E-state index < -0.39 is 0 Å².